The van der Waals surface area contributed by atoms with Gasteiger partial charge < -0.3 is 10.6 Å². The molecule has 0 saturated carbocycles. The molecule has 0 radical (unpaired) electrons. The van der Waals surface area contributed by atoms with Crippen LogP contribution in [0.15, 0.2) is 34.6 Å². The number of guanidine groups is 1. The SMILES string of the molecule is CN=C(NCCSCc1ccc(C)cc1)NCc1nc(C(F)(F)F)cs1.I. The second-order valence-electron chi connectivity index (χ2n) is 5.51. The number of hydrogen-bond donors (Lipinski definition) is 2. The van der Waals surface area contributed by atoms with Gasteiger partial charge >= 0.3 is 6.18 Å². The molecular weight excluding hydrogens is 508 g/mol. The predicted molar refractivity (Wildman–Crippen MR) is 118 cm³/mol. The average Bonchev–Trinajstić information content (AvgIpc) is 3.08. The van der Waals surface area contributed by atoms with Crippen LogP contribution < -0.4 is 10.6 Å². The van der Waals surface area contributed by atoms with E-state index in [9.17, 15) is 13.2 Å². The normalized spacial score (nSPS) is 11.8. The van der Waals surface area contributed by atoms with Crippen molar-refractivity contribution in [2.45, 2.75) is 25.4 Å². The second-order valence-corrected chi connectivity index (χ2v) is 7.56. The summed E-state index contributed by atoms with van der Waals surface area (Å²) in [5, 5.41) is 7.51. The van der Waals surface area contributed by atoms with Gasteiger partial charge in [0.25, 0.3) is 0 Å². The molecule has 0 aliphatic carbocycles. The number of aromatic nitrogens is 1. The van der Waals surface area contributed by atoms with Gasteiger partial charge in [0.05, 0.1) is 6.54 Å². The Bertz CT molecular complexity index is 718. The molecule has 1 heterocycles. The zero-order valence-electron chi connectivity index (χ0n) is 15.0. The highest BCUT2D eigenvalue weighted by Crippen LogP contribution is 2.29. The number of nitrogens with zero attached hydrogens (tertiary/aromatic N) is 2. The van der Waals surface area contributed by atoms with E-state index in [4.69, 9.17) is 0 Å². The molecule has 2 rings (SSSR count). The lowest BCUT2D eigenvalue weighted by Crippen LogP contribution is -2.37. The van der Waals surface area contributed by atoms with Gasteiger partial charge in [-0.2, -0.15) is 24.9 Å². The third kappa shape index (κ3) is 8.69. The van der Waals surface area contributed by atoms with Gasteiger partial charge in [-0.15, -0.1) is 35.3 Å². The third-order valence-electron chi connectivity index (χ3n) is 3.40. The molecule has 0 spiro atoms. The van der Waals surface area contributed by atoms with Crippen molar-refractivity contribution in [3.63, 3.8) is 0 Å². The number of halogens is 4. The molecule has 0 aliphatic rings. The fraction of sp³-hybridized carbons (Fsp3) is 0.412. The summed E-state index contributed by atoms with van der Waals surface area (Å²) in [5.74, 6) is 2.38. The van der Waals surface area contributed by atoms with E-state index in [2.05, 4.69) is 51.8 Å². The monoisotopic (exact) mass is 530 g/mol. The van der Waals surface area contributed by atoms with E-state index < -0.39 is 11.9 Å². The first-order valence-corrected chi connectivity index (χ1v) is 10.0. The number of thiazole rings is 1. The minimum Gasteiger partial charge on any atom is -0.356 e. The highest BCUT2D eigenvalue weighted by Gasteiger charge is 2.33. The molecule has 0 saturated heterocycles. The minimum atomic E-state index is -4.40. The molecule has 2 aromatic rings. The van der Waals surface area contributed by atoms with E-state index in [0.717, 1.165) is 28.2 Å². The average molecular weight is 530 g/mol. The summed E-state index contributed by atoms with van der Waals surface area (Å²) >= 11 is 2.78. The van der Waals surface area contributed by atoms with E-state index >= 15 is 0 Å². The van der Waals surface area contributed by atoms with E-state index in [1.54, 1.807) is 18.8 Å². The highest BCUT2D eigenvalue weighted by molar-refractivity contribution is 14.0. The number of aliphatic imine (C=N–C) groups is 1. The molecule has 27 heavy (non-hydrogen) atoms. The maximum Gasteiger partial charge on any atom is 0.434 e. The molecule has 1 aromatic carbocycles. The zero-order valence-corrected chi connectivity index (χ0v) is 18.9. The van der Waals surface area contributed by atoms with Gasteiger partial charge in [0.1, 0.15) is 5.01 Å². The van der Waals surface area contributed by atoms with E-state index in [1.807, 2.05) is 0 Å². The molecule has 2 N–H and O–H groups in total. The summed E-state index contributed by atoms with van der Waals surface area (Å²) in [6.45, 7) is 2.98. The summed E-state index contributed by atoms with van der Waals surface area (Å²) in [7, 11) is 1.62. The summed E-state index contributed by atoms with van der Waals surface area (Å²) in [5.41, 5.74) is 1.68. The molecule has 0 atom stereocenters. The molecule has 0 fully saturated rings. The first-order chi connectivity index (χ1) is 12.4. The van der Waals surface area contributed by atoms with Crippen molar-refractivity contribution >= 4 is 53.0 Å². The number of aryl methyl sites for hydroxylation is 1. The number of hydrogen-bond acceptors (Lipinski definition) is 4. The zero-order chi connectivity index (χ0) is 19.0. The lowest BCUT2D eigenvalue weighted by Gasteiger charge is -2.10. The van der Waals surface area contributed by atoms with Crippen LogP contribution >= 0.6 is 47.1 Å². The van der Waals surface area contributed by atoms with Crippen LogP contribution in [0.4, 0.5) is 13.2 Å². The van der Waals surface area contributed by atoms with Crippen molar-refractivity contribution in [2.75, 3.05) is 19.3 Å². The quantitative estimate of drug-likeness (QED) is 0.236. The van der Waals surface area contributed by atoms with E-state index in [1.165, 1.54) is 11.1 Å². The Labute approximate surface area is 182 Å². The summed E-state index contributed by atoms with van der Waals surface area (Å²) in [6.07, 6.45) is -4.40. The fourth-order valence-corrected chi connectivity index (χ4v) is 3.58. The topological polar surface area (TPSA) is 49.3 Å². The van der Waals surface area contributed by atoms with Crippen molar-refractivity contribution in [2.24, 2.45) is 4.99 Å². The Morgan fingerprint density at radius 2 is 1.93 bits per heavy atom. The van der Waals surface area contributed by atoms with Crippen LogP contribution in [0.25, 0.3) is 0 Å². The molecule has 150 valence electrons. The number of thioether (sulfide) groups is 1. The number of benzene rings is 1. The maximum absolute atomic E-state index is 12.5. The molecule has 0 bridgehead atoms. The van der Waals surface area contributed by atoms with Crippen molar-refractivity contribution in [3.8, 4) is 0 Å². The first-order valence-electron chi connectivity index (χ1n) is 7.98. The van der Waals surface area contributed by atoms with Crippen LogP contribution in [-0.4, -0.2) is 30.3 Å². The standard InChI is InChI=1S/C17H21F3N4S2.HI/c1-12-3-5-13(6-4-12)10-25-8-7-22-16(21-2)23-9-15-24-14(11-26-15)17(18,19)20;/h3-6,11H,7-10H2,1-2H3,(H2,21,22,23);1H. The van der Waals surface area contributed by atoms with Gasteiger partial charge in [0.2, 0.25) is 0 Å². The van der Waals surface area contributed by atoms with Crippen molar-refractivity contribution in [3.05, 3.63) is 51.5 Å². The molecule has 4 nitrogen and oxygen atoms in total. The first kappa shape index (κ1) is 24.0. The lowest BCUT2D eigenvalue weighted by molar-refractivity contribution is -0.140. The molecule has 0 aliphatic heterocycles. The smallest absolute Gasteiger partial charge is 0.356 e. The van der Waals surface area contributed by atoms with Crippen molar-refractivity contribution in [1.82, 2.24) is 15.6 Å². The molecule has 1 aromatic heterocycles. The Kier molecular flexibility index (Phi) is 10.5. The van der Waals surface area contributed by atoms with Crippen LogP contribution in [0, 0.1) is 6.92 Å². The number of alkyl halides is 3. The lowest BCUT2D eigenvalue weighted by atomic mass is 10.2. The van der Waals surface area contributed by atoms with Gasteiger partial charge in [-0.25, -0.2) is 4.98 Å². The Balaban J connectivity index is 0.00000364. The summed E-state index contributed by atoms with van der Waals surface area (Å²) in [4.78, 5) is 7.65. The Morgan fingerprint density at radius 3 is 2.52 bits per heavy atom. The predicted octanol–water partition coefficient (Wildman–Crippen LogP) is 4.69. The van der Waals surface area contributed by atoms with Crippen LogP contribution in [0.2, 0.25) is 0 Å². The van der Waals surface area contributed by atoms with Gasteiger partial charge in [0.15, 0.2) is 11.7 Å². The summed E-state index contributed by atoms with van der Waals surface area (Å²) in [6, 6.07) is 8.45. The van der Waals surface area contributed by atoms with Crippen LogP contribution in [0.3, 0.4) is 0 Å². The van der Waals surface area contributed by atoms with Gasteiger partial charge in [0, 0.05) is 30.5 Å². The minimum absolute atomic E-state index is 0. The Hall–Kier alpha value is -1.01. The maximum atomic E-state index is 12.5. The van der Waals surface area contributed by atoms with Gasteiger partial charge in [-0.05, 0) is 12.5 Å². The largest absolute Gasteiger partial charge is 0.434 e. The van der Waals surface area contributed by atoms with E-state index in [0.29, 0.717) is 17.5 Å². The third-order valence-corrected chi connectivity index (χ3v) is 5.28. The van der Waals surface area contributed by atoms with Crippen LogP contribution in [0.1, 0.15) is 21.8 Å². The second kappa shape index (κ2) is 11.7. The van der Waals surface area contributed by atoms with Gasteiger partial charge in [-0.1, -0.05) is 29.8 Å². The highest BCUT2D eigenvalue weighted by atomic mass is 127. The molecule has 10 heteroatoms. The molecule has 0 unspecified atom stereocenters. The Morgan fingerprint density at radius 1 is 1.22 bits per heavy atom. The van der Waals surface area contributed by atoms with Crippen molar-refractivity contribution < 1.29 is 13.2 Å². The van der Waals surface area contributed by atoms with E-state index in [-0.39, 0.29) is 30.5 Å². The number of nitrogens with one attached hydrogen (secondary N) is 2. The van der Waals surface area contributed by atoms with Crippen molar-refractivity contribution in [1.29, 1.82) is 0 Å². The molecular formula is C17H22F3IN4S2. The summed E-state index contributed by atoms with van der Waals surface area (Å²) < 4.78 is 37.6. The van der Waals surface area contributed by atoms with Crippen LogP contribution in [-0.2, 0) is 18.5 Å². The van der Waals surface area contributed by atoms with Gasteiger partial charge in [-0.3, -0.25) is 4.99 Å². The fourth-order valence-electron chi connectivity index (χ4n) is 2.02. The number of rotatable bonds is 7. The molecule has 0 amide bonds. The van der Waals surface area contributed by atoms with Crippen LogP contribution in [0.5, 0.6) is 0 Å².